The Balaban J connectivity index is 0.00000320. The van der Waals surface area contributed by atoms with Crippen LogP contribution in [0.5, 0.6) is 0 Å². The Morgan fingerprint density at radius 3 is 2.38 bits per heavy atom. The maximum atomic E-state index is 14.3. The zero-order valence-corrected chi connectivity index (χ0v) is 21.6. The Labute approximate surface area is 223 Å². The van der Waals surface area contributed by atoms with Gasteiger partial charge in [0.05, 0.1) is 16.6 Å². The number of rotatable bonds is 4. The summed E-state index contributed by atoms with van der Waals surface area (Å²) in [5, 5.41) is 5.41. The Hall–Kier alpha value is -3.45. The van der Waals surface area contributed by atoms with E-state index in [0.717, 1.165) is 18.2 Å². The second kappa shape index (κ2) is 9.78. The van der Waals surface area contributed by atoms with Crippen LogP contribution in [0.25, 0.3) is 27.8 Å². The number of pyridine rings is 2. The van der Waals surface area contributed by atoms with Crippen molar-refractivity contribution < 1.29 is 43.0 Å². The Morgan fingerprint density at radius 1 is 0.892 bits per heavy atom. The predicted molar refractivity (Wildman–Crippen MR) is 123 cm³/mol. The molecule has 3 heterocycles. The zero-order chi connectivity index (χ0) is 25.7. The molecule has 0 aliphatic rings. The van der Waals surface area contributed by atoms with Crippen molar-refractivity contribution in [2.45, 2.75) is 25.4 Å². The average molecular weight is 688 g/mol. The number of nitrogens with zero attached hydrogens (tertiary/aromatic N) is 4. The molecule has 37 heavy (non-hydrogen) atoms. The van der Waals surface area contributed by atoms with E-state index in [2.05, 4.69) is 22.1 Å². The van der Waals surface area contributed by atoms with Gasteiger partial charge in [-0.15, -0.1) is 12.1 Å². The van der Waals surface area contributed by atoms with Crippen LogP contribution >= 0.6 is 0 Å². The maximum Gasteiger partial charge on any atom is 2.00 e. The van der Waals surface area contributed by atoms with Crippen LogP contribution in [0.1, 0.15) is 30.8 Å². The molecule has 0 amide bonds. The molecule has 0 bridgehead atoms. The zero-order valence-electron chi connectivity index (χ0n) is 19.3. The fraction of sp³-hybridized carbons (Fsp3) is 0.148. The quantitative estimate of drug-likeness (QED) is 0.120. The van der Waals surface area contributed by atoms with Gasteiger partial charge in [-0.2, -0.15) is 36.5 Å². The van der Waals surface area contributed by atoms with Gasteiger partial charge in [0.25, 0.3) is 0 Å². The molecule has 3 aromatic heterocycles. The summed E-state index contributed by atoms with van der Waals surface area (Å²) in [6.45, 7) is 3.72. The van der Waals surface area contributed by atoms with E-state index < -0.39 is 29.1 Å². The maximum absolute atomic E-state index is 14.3. The van der Waals surface area contributed by atoms with Crippen molar-refractivity contribution in [3.05, 3.63) is 108 Å². The second-order valence-corrected chi connectivity index (χ2v) is 8.66. The number of hydrogen-bond acceptors (Lipinski definition) is 3. The van der Waals surface area contributed by atoms with Gasteiger partial charge in [0, 0.05) is 11.1 Å². The number of para-hydroxylation sites is 1. The van der Waals surface area contributed by atoms with Crippen LogP contribution in [0.15, 0.2) is 66.7 Å². The minimum atomic E-state index is -4.51. The molecular formula is C27H17F5N4Pt. The molecule has 0 aliphatic carbocycles. The van der Waals surface area contributed by atoms with Gasteiger partial charge in [-0.05, 0) is 37.4 Å². The molecule has 2 aromatic carbocycles. The molecule has 0 spiro atoms. The molecule has 190 valence electrons. The number of aromatic nitrogens is 4. The van der Waals surface area contributed by atoms with Crippen molar-refractivity contribution in [3.8, 4) is 16.9 Å². The van der Waals surface area contributed by atoms with Gasteiger partial charge in [-0.1, -0.05) is 47.5 Å². The van der Waals surface area contributed by atoms with Crippen LogP contribution < -0.4 is 0 Å². The fourth-order valence-electron chi connectivity index (χ4n) is 4.06. The minimum Gasteiger partial charge on any atom is -0.300 e. The molecular weight excluding hydrogens is 670 g/mol. The topological polar surface area (TPSA) is 43.6 Å². The van der Waals surface area contributed by atoms with Crippen molar-refractivity contribution in [3.63, 3.8) is 0 Å². The van der Waals surface area contributed by atoms with E-state index in [-0.39, 0.29) is 38.0 Å². The van der Waals surface area contributed by atoms with Gasteiger partial charge >= 0.3 is 27.2 Å². The van der Waals surface area contributed by atoms with Crippen molar-refractivity contribution in [2.24, 2.45) is 0 Å². The summed E-state index contributed by atoms with van der Waals surface area (Å²) in [5.41, 5.74) is 0.261. The SMILES string of the molecule is CC(C)(c1cccc(-c2[c-]cc(F)nc2F)n1)c1nn(-c2[c-]ccc(C(F)(F)F)c2)c2ccccc12.[Pt+2]. The third-order valence-electron chi connectivity index (χ3n) is 5.91. The number of hydrogen-bond donors (Lipinski definition) is 0. The van der Waals surface area contributed by atoms with E-state index in [4.69, 9.17) is 5.10 Å². The van der Waals surface area contributed by atoms with Gasteiger partial charge < -0.3 is 4.98 Å². The van der Waals surface area contributed by atoms with Crippen molar-refractivity contribution in [1.82, 2.24) is 19.7 Å². The summed E-state index contributed by atoms with van der Waals surface area (Å²) in [5.74, 6) is -2.02. The van der Waals surface area contributed by atoms with Crippen molar-refractivity contribution in [1.29, 1.82) is 0 Å². The largest absolute Gasteiger partial charge is 2.00 e. The minimum absolute atomic E-state index is 0. The summed E-state index contributed by atoms with van der Waals surface area (Å²) in [7, 11) is 0. The Morgan fingerprint density at radius 2 is 1.65 bits per heavy atom. The molecule has 0 radical (unpaired) electrons. The van der Waals surface area contributed by atoms with E-state index in [0.29, 0.717) is 22.3 Å². The number of benzene rings is 2. The van der Waals surface area contributed by atoms with Crippen LogP contribution in [0.3, 0.4) is 0 Å². The third kappa shape index (κ3) is 4.92. The first-order valence-corrected chi connectivity index (χ1v) is 10.8. The summed E-state index contributed by atoms with van der Waals surface area (Å²) >= 11 is 0. The van der Waals surface area contributed by atoms with Crippen LogP contribution in [-0.2, 0) is 32.7 Å². The first kappa shape index (κ1) is 26.6. The summed E-state index contributed by atoms with van der Waals surface area (Å²) in [6, 6.07) is 21.6. The van der Waals surface area contributed by atoms with Gasteiger partial charge in [-0.3, -0.25) is 9.67 Å². The Bertz CT molecular complexity index is 1590. The fourth-order valence-corrected chi connectivity index (χ4v) is 4.06. The van der Waals surface area contributed by atoms with E-state index in [1.807, 2.05) is 26.0 Å². The Kier molecular flexibility index (Phi) is 7.03. The second-order valence-electron chi connectivity index (χ2n) is 8.66. The van der Waals surface area contributed by atoms with Gasteiger partial charge in [0.1, 0.15) is 11.9 Å². The monoisotopic (exact) mass is 687 g/mol. The molecule has 4 nitrogen and oxygen atoms in total. The molecule has 0 N–H and O–H groups in total. The molecule has 0 unspecified atom stereocenters. The van der Waals surface area contributed by atoms with Crippen LogP contribution in [-0.4, -0.2) is 19.7 Å². The molecule has 0 atom stereocenters. The predicted octanol–water partition coefficient (Wildman–Crippen LogP) is 6.70. The van der Waals surface area contributed by atoms with Crippen LogP contribution in [0.4, 0.5) is 22.0 Å². The van der Waals surface area contributed by atoms with E-state index in [9.17, 15) is 22.0 Å². The van der Waals surface area contributed by atoms with E-state index >= 15 is 0 Å². The number of halogens is 5. The van der Waals surface area contributed by atoms with Gasteiger partial charge in [-0.25, -0.2) is 8.78 Å². The molecule has 5 aromatic rings. The molecule has 0 fully saturated rings. The van der Waals surface area contributed by atoms with E-state index in [1.54, 1.807) is 30.3 Å². The van der Waals surface area contributed by atoms with Gasteiger partial charge in [0.15, 0.2) is 0 Å². The average Bonchev–Trinajstić information content (AvgIpc) is 3.24. The summed E-state index contributed by atoms with van der Waals surface area (Å²) in [4.78, 5) is 7.78. The first-order valence-electron chi connectivity index (χ1n) is 10.8. The summed E-state index contributed by atoms with van der Waals surface area (Å²) in [6.07, 6.45) is -4.51. The summed E-state index contributed by atoms with van der Waals surface area (Å²) < 4.78 is 69.0. The van der Waals surface area contributed by atoms with E-state index in [1.165, 1.54) is 10.7 Å². The third-order valence-corrected chi connectivity index (χ3v) is 5.91. The number of fused-ring (bicyclic) bond motifs is 1. The van der Waals surface area contributed by atoms with Crippen molar-refractivity contribution >= 4 is 10.9 Å². The standard InChI is InChI=1S/C27H17F5N4.Pt/c1-26(2,22-12-6-10-20(33-22)18-13-14-23(28)34-25(18)29)24-19-9-3-4-11-21(19)36(35-24)17-8-5-7-16(15-17)27(30,31)32;/h3-7,9-12,14-15H,1-2H3;/q-2;+2. The molecule has 0 saturated heterocycles. The van der Waals surface area contributed by atoms with Crippen LogP contribution in [0.2, 0.25) is 0 Å². The molecule has 10 heteroatoms. The normalized spacial score (nSPS) is 12.0. The van der Waals surface area contributed by atoms with Crippen molar-refractivity contribution in [2.75, 3.05) is 0 Å². The number of alkyl halides is 3. The first-order chi connectivity index (χ1) is 17.1. The molecule has 0 saturated carbocycles. The molecule has 5 rings (SSSR count). The smallest absolute Gasteiger partial charge is 0.300 e. The van der Waals surface area contributed by atoms with Gasteiger partial charge in [0.2, 0.25) is 0 Å². The molecule has 0 aliphatic heterocycles. The van der Waals surface area contributed by atoms with Crippen LogP contribution in [0, 0.1) is 24.0 Å².